The standard InChI is InChI=1S/C18H23BrN4O/c1-4-10-23(11-5-2)18-20-9-8-16(22-18)17(24)21-15-7-6-14(19)12-13(15)3/h6-9,12H,4-5,10-11H2,1-3H3,(H,21,24). The number of benzene rings is 1. The summed E-state index contributed by atoms with van der Waals surface area (Å²) in [5, 5.41) is 2.92. The van der Waals surface area contributed by atoms with Gasteiger partial charge < -0.3 is 10.2 Å². The molecule has 0 saturated heterocycles. The minimum atomic E-state index is -0.225. The number of carbonyl (C=O) groups excluding carboxylic acids is 1. The van der Waals surface area contributed by atoms with Crippen molar-refractivity contribution in [3.63, 3.8) is 0 Å². The van der Waals surface area contributed by atoms with Gasteiger partial charge in [0.1, 0.15) is 5.69 Å². The van der Waals surface area contributed by atoms with E-state index in [-0.39, 0.29) is 5.91 Å². The van der Waals surface area contributed by atoms with Crippen LogP contribution in [0, 0.1) is 6.92 Å². The van der Waals surface area contributed by atoms with E-state index in [9.17, 15) is 4.79 Å². The quantitative estimate of drug-likeness (QED) is 0.759. The largest absolute Gasteiger partial charge is 0.341 e. The Hall–Kier alpha value is -1.95. The number of hydrogen-bond donors (Lipinski definition) is 1. The van der Waals surface area contributed by atoms with Crippen molar-refractivity contribution < 1.29 is 4.79 Å². The molecule has 1 aromatic carbocycles. The molecule has 0 atom stereocenters. The monoisotopic (exact) mass is 390 g/mol. The van der Waals surface area contributed by atoms with Crippen LogP contribution in [0.25, 0.3) is 0 Å². The second kappa shape index (κ2) is 8.78. The van der Waals surface area contributed by atoms with Gasteiger partial charge in [-0.15, -0.1) is 0 Å². The predicted molar refractivity (Wildman–Crippen MR) is 102 cm³/mol. The van der Waals surface area contributed by atoms with Crippen LogP contribution in [0.15, 0.2) is 34.9 Å². The van der Waals surface area contributed by atoms with Gasteiger partial charge in [-0.1, -0.05) is 29.8 Å². The van der Waals surface area contributed by atoms with Crippen molar-refractivity contribution in [1.82, 2.24) is 9.97 Å². The zero-order chi connectivity index (χ0) is 17.5. The third kappa shape index (κ3) is 4.77. The van der Waals surface area contributed by atoms with E-state index in [2.05, 4.69) is 50.0 Å². The van der Waals surface area contributed by atoms with E-state index in [4.69, 9.17) is 0 Å². The Kier molecular flexibility index (Phi) is 6.73. The minimum Gasteiger partial charge on any atom is -0.341 e. The van der Waals surface area contributed by atoms with Crippen molar-refractivity contribution in [3.05, 3.63) is 46.2 Å². The van der Waals surface area contributed by atoms with Gasteiger partial charge in [0.15, 0.2) is 0 Å². The Morgan fingerprint density at radius 1 is 1.21 bits per heavy atom. The highest BCUT2D eigenvalue weighted by atomic mass is 79.9. The van der Waals surface area contributed by atoms with Crippen molar-refractivity contribution >= 4 is 33.5 Å². The van der Waals surface area contributed by atoms with Gasteiger partial charge in [0, 0.05) is 29.4 Å². The van der Waals surface area contributed by atoms with Gasteiger partial charge in [-0.3, -0.25) is 4.79 Å². The molecular weight excluding hydrogens is 368 g/mol. The van der Waals surface area contributed by atoms with Gasteiger partial charge in [-0.05, 0) is 49.6 Å². The maximum atomic E-state index is 12.5. The Bertz CT molecular complexity index is 699. The van der Waals surface area contributed by atoms with Crippen LogP contribution < -0.4 is 10.2 Å². The van der Waals surface area contributed by atoms with Crippen LogP contribution in [0.2, 0.25) is 0 Å². The molecule has 0 unspecified atom stereocenters. The van der Waals surface area contributed by atoms with Crippen LogP contribution in [0.4, 0.5) is 11.6 Å². The first-order valence-electron chi connectivity index (χ1n) is 8.20. The topological polar surface area (TPSA) is 58.1 Å². The first-order chi connectivity index (χ1) is 11.5. The van der Waals surface area contributed by atoms with Gasteiger partial charge in [0.2, 0.25) is 5.95 Å². The molecule has 24 heavy (non-hydrogen) atoms. The van der Waals surface area contributed by atoms with Crippen molar-refractivity contribution in [2.24, 2.45) is 0 Å². The molecular formula is C18H23BrN4O. The van der Waals surface area contributed by atoms with Crippen molar-refractivity contribution in [2.45, 2.75) is 33.6 Å². The van der Waals surface area contributed by atoms with Crippen LogP contribution in [-0.2, 0) is 0 Å². The van der Waals surface area contributed by atoms with E-state index in [0.717, 1.165) is 41.7 Å². The fourth-order valence-corrected chi connectivity index (χ4v) is 2.91. The summed E-state index contributed by atoms with van der Waals surface area (Å²) in [6.07, 6.45) is 3.67. The zero-order valence-corrected chi connectivity index (χ0v) is 15.9. The summed E-state index contributed by atoms with van der Waals surface area (Å²) in [5.74, 6) is 0.385. The maximum absolute atomic E-state index is 12.5. The third-order valence-corrected chi connectivity index (χ3v) is 4.08. The molecule has 2 aromatic rings. The van der Waals surface area contributed by atoms with Crippen LogP contribution in [0.1, 0.15) is 42.7 Å². The van der Waals surface area contributed by atoms with Gasteiger partial charge in [0.05, 0.1) is 0 Å². The second-order valence-electron chi connectivity index (χ2n) is 5.64. The molecule has 0 bridgehead atoms. The number of aromatic nitrogens is 2. The number of aryl methyl sites for hydroxylation is 1. The molecule has 0 radical (unpaired) electrons. The Morgan fingerprint density at radius 2 is 1.92 bits per heavy atom. The predicted octanol–water partition coefficient (Wildman–Crippen LogP) is 4.43. The van der Waals surface area contributed by atoms with Crippen molar-refractivity contribution in [2.75, 3.05) is 23.3 Å². The maximum Gasteiger partial charge on any atom is 0.274 e. The van der Waals surface area contributed by atoms with Crippen molar-refractivity contribution in [1.29, 1.82) is 0 Å². The van der Waals surface area contributed by atoms with Gasteiger partial charge in [-0.2, -0.15) is 0 Å². The summed E-state index contributed by atoms with van der Waals surface area (Å²) in [7, 11) is 0. The van der Waals surface area contributed by atoms with E-state index < -0.39 is 0 Å². The molecule has 1 aromatic heterocycles. The SMILES string of the molecule is CCCN(CCC)c1nccc(C(=O)Nc2ccc(Br)cc2C)n1. The Labute approximate surface area is 151 Å². The first-order valence-corrected chi connectivity index (χ1v) is 9.00. The lowest BCUT2D eigenvalue weighted by Crippen LogP contribution is -2.28. The molecule has 1 amide bonds. The van der Waals surface area contributed by atoms with Crippen LogP contribution in [-0.4, -0.2) is 29.0 Å². The van der Waals surface area contributed by atoms with Crippen LogP contribution in [0.5, 0.6) is 0 Å². The summed E-state index contributed by atoms with van der Waals surface area (Å²) >= 11 is 3.42. The number of rotatable bonds is 7. The highest BCUT2D eigenvalue weighted by molar-refractivity contribution is 9.10. The molecule has 1 N–H and O–H groups in total. The number of carbonyl (C=O) groups is 1. The molecule has 6 heteroatoms. The van der Waals surface area contributed by atoms with E-state index >= 15 is 0 Å². The van der Waals surface area contributed by atoms with Gasteiger partial charge >= 0.3 is 0 Å². The molecule has 2 rings (SSSR count). The summed E-state index contributed by atoms with van der Waals surface area (Å²) in [6.45, 7) is 7.95. The molecule has 0 fully saturated rings. The van der Waals surface area contributed by atoms with Crippen molar-refractivity contribution in [3.8, 4) is 0 Å². The average molecular weight is 391 g/mol. The summed E-state index contributed by atoms with van der Waals surface area (Å²) in [6, 6.07) is 7.38. The van der Waals surface area contributed by atoms with Crippen LogP contribution >= 0.6 is 15.9 Å². The van der Waals surface area contributed by atoms with E-state index in [1.54, 1.807) is 12.3 Å². The Balaban J connectivity index is 2.19. The fourth-order valence-electron chi connectivity index (χ4n) is 2.43. The number of nitrogens with zero attached hydrogens (tertiary/aromatic N) is 3. The molecule has 0 aliphatic heterocycles. The average Bonchev–Trinajstić information content (AvgIpc) is 2.57. The number of halogens is 1. The normalized spacial score (nSPS) is 10.5. The molecule has 5 nitrogen and oxygen atoms in total. The molecule has 0 spiro atoms. The number of hydrogen-bond acceptors (Lipinski definition) is 4. The minimum absolute atomic E-state index is 0.225. The lowest BCUT2D eigenvalue weighted by molar-refractivity contribution is 0.102. The summed E-state index contributed by atoms with van der Waals surface area (Å²) in [5.41, 5.74) is 2.15. The highest BCUT2D eigenvalue weighted by Crippen LogP contribution is 2.20. The highest BCUT2D eigenvalue weighted by Gasteiger charge is 2.13. The molecule has 128 valence electrons. The lowest BCUT2D eigenvalue weighted by atomic mass is 10.2. The smallest absolute Gasteiger partial charge is 0.274 e. The molecule has 1 heterocycles. The molecule has 0 aliphatic carbocycles. The van der Waals surface area contributed by atoms with Crippen LogP contribution in [0.3, 0.4) is 0 Å². The lowest BCUT2D eigenvalue weighted by Gasteiger charge is -2.21. The van der Waals surface area contributed by atoms with Gasteiger partial charge in [0.25, 0.3) is 5.91 Å². The third-order valence-electron chi connectivity index (χ3n) is 3.58. The second-order valence-corrected chi connectivity index (χ2v) is 6.56. The van der Waals surface area contributed by atoms with E-state index in [1.165, 1.54) is 0 Å². The fraction of sp³-hybridized carbons (Fsp3) is 0.389. The van der Waals surface area contributed by atoms with Gasteiger partial charge in [-0.25, -0.2) is 9.97 Å². The molecule has 0 saturated carbocycles. The summed E-state index contributed by atoms with van der Waals surface area (Å²) < 4.78 is 0.983. The zero-order valence-electron chi connectivity index (χ0n) is 14.3. The number of amides is 1. The first kappa shape index (κ1) is 18.4. The van der Waals surface area contributed by atoms with E-state index in [1.807, 2.05) is 25.1 Å². The Morgan fingerprint density at radius 3 is 2.54 bits per heavy atom. The molecule has 0 aliphatic rings. The summed E-state index contributed by atoms with van der Waals surface area (Å²) in [4.78, 5) is 23.4. The number of anilines is 2. The number of nitrogens with one attached hydrogen (secondary N) is 1. The van der Waals surface area contributed by atoms with E-state index in [0.29, 0.717) is 11.6 Å².